The summed E-state index contributed by atoms with van der Waals surface area (Å²) in [6.45, 7) is 8.40. The number of hydrogen-bond donors (Lipinski definition) is 2. The molecule has 5 heteroatoms. The maximum atomic E-state index is 11.9. The average Bonchev–Trinajstić information content (AvgIpc) is 2.59. The van der Waals surface area contributed by atoms with Crippen LogP contribution in [0.25, 0.3) is 0 Å². The van der Waals surface area contributed by atoms with Crippen molar-refractivity contribution >= 4 is 6.03 Å². The lowest BCUT2D eigenvalue weighted by Crippen LogP contribution is -2.40. The van der Waals surface area contributed by atoms with Crippen LogP contribution in [0.4, 0.5) is 4.79 Å². The molecule has 1 aromatic rings. The van der Waals surface area contributed by atoms with E-state index in [9.17, 15) is 4.79 Å². The van der Waals surface area contributed by atoms with Gasteiger partial charge in [0.2, 0.25) is 0 Å². The number of nitrogens with one attached hydrogen (secondary N) is 2. The molecule has 0 bridgehead atoms. The Labute approximate surface area is 145 Å². The summed E-state index contributed by atoms with van der Waals surface area (Å²) in [4.78, 5) is 14.4. The molecule has 1 heterocycles. The van der Waals surface area contributed by atoms with Gasteiger partial charge in [-0.15, -0.1) is 0 Å². The normalized spacial score (nSPS) is 18.2. The van der Waals surface area contributed by atoms with Gasteiger partial charge in [0, 0.05) is 25.7 Å². The smallest absolute Gasteiger partial charge is 0.315 e. The molecule has 134 valence electrons. The van der Waals surface area contributed by atoms with Gasteiger partial charge in [0.05, 0.1) is 6.61 Å². The van der Waals surface area contributed by atoms with E-state index in [4.69, 9.17) is 4.74 Å². The Bertz CT molecular complexity index is 507. The molecular formula is C19H31N3O2. The van der Waals surface area contributed by atoms with Gasteiger partial charge in [0.1, 0.15) is 5.75 Å². The second-order valence-corrected chi connectivity index (χ2v) is 6.42. The van der Waals surface area contributed by atoms with Crippen molar-refractivity contribution in [2.45, 2.75) is 52.1 Å². The van der Waals surface area contributed by atoms with E-state index in [1.165, 1.54) is 25.8 Å². The molecule has 1 unspecified atom stereocenters. The van der Waals surface area contributed by atoms with Crippen molar-refractivity contribution in [3.05, 3.63) is 29.8 Å². The SMILES string of the molecule is CCOc1cccc(CNC(=O)NCCCN2CCCCC2C)c1. The summed E-state index contributed by atoms with van der Waals surface area (Å²) in [5, 5.41) is 5.84. The topological polar surface area (TPSA) is 53.6 Å². The molecule has 5 nitrogen and oxygen atoms in total. The summed E-state index contributed by atoms with van der Waals surface area (Å²) in [6, 6.07) is 8.39. The minimum atomic E-state index is -0.108. The van der Waals surface area contributed by atoms with E-state index >= 15 is 0 Å². The number of rotatable bonds is 8. The number of piperidine rings is 1. The van der Waals surface area contributed by atoms with Crippen molar-refractivity contribution in [1.29, 1.82) is 0 Å². The average molecular weight is 333 g/mol. The van der Waals surface area contributed by atoms with Crippen molar-refractivity contribution in [1.82, 2.24) is 15.5 Å². The third-order valence-electron chi connectivity index (χ3n) is 4.51. The molecule has 0 radical (unpaired) electrons. The van der Waals surface area contributed by atoms with Gasteiger partial charge < -0.3 is 20.3 Å². The molecule has 1 aromatic carbocycles. The van der Waals surface area contributed by atoms with Crippen LogP contribution in [0, 0.1) is 0 Å². The van der Waals surface area contributed by atoms with Crippen LogP contribution in [-0.4, -0.2) is 43.2 Å². The molecule has 0 aromatic heterocycles. The summed E-state index contributed by atoms with van der Waals surface area (Å²) in [5.41, 5.74) is 1.04. The molecule has 2 amide bonds. The van der Waals surface area contributed by atoms with E-state index in [1.54, 1.807) is 0 Å². The van der Waals surface area contributed by atoms with Crippen LogP contribution in [0.1, 0.15) is 45.1 Å². The van der Waals surface area contributed by atoms with Crippen LogP contribution in [0.15, 0.2) is 24.3 Å². The second-order valence-electron chi connectivity index (χ2n) is 6.42. The maximum absolute atomic E-state index is 11.9. The molecular weight excluding hydrogens is 302 g/mol. The zero-order valence-electron chi connectivity index (χ0n) is 15.0. The Morgan fingerprint density at radius 1 is 1.33 bits per heavy atom. The Morgan fingerprint density at radius 3 is 3.00 bits per heavy atom. The fraction of sp³-hybridized carbons (Fsp3) is 0.632. The first kappa shape index (κ1) is 18.6. The number of nitrogens with zero attached hydrogens (tertiary/aromatic N) is 1. The van der Waals surface area contributed by atoms with Gasteiger partial charge in [0.15, 0.2) is 0 Å². The van der Waals surface area contributed by atoms with E-state index < -0.39 is 0 Å². The number of carbonyl (C=O) groups excluding carboxylic acids is 1. The quantitative estimate of drug-likeness (QED) is 0.719. The van der Waals surface area contributed by atoms with Gasteiger partial charge in [-0.05, 0) is 57.4 Å². The summed E-state index contributed by atoms with van der Waals surface area (Å²) in [6.07, 6.45) is 4.95. The standard InChI is InChI=1S/C19H31N3O2/c1-3-24-18-10-6-9-17(14-18)15-21-19(23)20-11-7-13-22-12-5-4-8-16(22)2/h6,9-10,14,16H,3-5,7-8,11-13,15H2,1-2H3,(H2,20,21,23). The highest BCUT2D eigenvalue weighted by atomic mass is 16.5. The molecule has 0 spiro atoms. The molecule has 1 atom stereocenters. The molecule has 0 saturated carbocycles. The molecule has 24 heavy (non-hydrogen) atoms. The predicted molar refractivity (Wildman–Crippen MR) is 97.4 cm³/mol. The van der Waals surface area contributed by atoms with Crippen LogP contribution in [0.2, 0.25) is 0 Å². The number of ether oxygens (including phenoxy) is 1. The highest BCUT2D eigenvalue weighted by molar-refractivity contribution is 5.73. The molecule has 1 fully saturated rings. The number of amides is 2. The van der Waals surface area contributed by atoms with E-state index in [2.05, 4.69) is 22.5 Å². The largest absolute Gasteiger partial charge is 0.494 e. The maximum Gasteiger partial charge on any atom is 0.315 e. The van der Waals surface area contributed by atoms with Crippen LogP contribution < -0.4 is 15.4 Å². The van der Waals surface area contributed by atoms with Gasteiger partial charge in [-0.25, -0.2) is 4.79 Å². The highest BCUT2D eigenvalue weighted by Gasteiger charge is 2.17. The van der Waals surface area contributed by atoms with Crippen molar-refractivity contribution in [3.8, 4) is 5.75 Å². The zero-order chi connectivity index (χ0) is 17.2. The first-order valence-corrected chi connectivity index (χ1v) is 9.16. The third-order valence-corrected chi connectivity index (χ3v) is 4.51. The number of benzene rings is 1. The van der Waals surface area contributed by atoms with Crippen molar-refractivity contribution < 1.29 is 9.53 Å². The molecule has 1 aliphatic heterocycles. The Kier molecular flexibility index (Phi) is 7.89. The number of likely N-dealkylation sites (tertiary alicyclic amines) is 1. The minimum Gasteiger partial charge on any atom is -0.494 e. The molecule has 2 rings (SSSR count). The van der Waals surface area contributed by atoms with Gasteiger partial charge in [-0.1, -0.05) is 18.6 Å². The Morgan fingerprint density at radius 2 is 2.21 bits per heavy atom. The van der Waals surface area contributed by atoms with Gasteiger partial charge in [0.25, 0.3) is 0 Å². The number of carbonyl (C=O) groups is 1. The predicted octanol–water partition coefficient (Wildman–Crippen LogP) is 3.15. The first-order valence-electron chi connectivity index (χ1n) is 9.16. The van der Waals surface area contributed by atoms with Gasteiger partial charge >= 0.3 is 6.03 Å². The van der Waals surface area contributed by atoms with Crippen molar-refractivity contribution in [2.24, 2.45) is 0 Å². The lowest BCUT2D eigenvalue weighted by Gasteiger charge is -2.33. The second kappa shape index (κ2) is 10.2. The summed E-state index contributed by atoms with van der Waals surface area (Å²) in [7, 11) is 0. The number of hydrogen-bond acceptors (Lipinski definition) is 3. The van der Waals surface area contributed by atoms with E-state index in [-0.39, 0.29) is 6.03 Å². The van der Waals surface area contributed by atoms with Crippen LogP contribution in [0.3, 0.4) is 0 Å². The first-order chi connectivity index (χ1) is 11.7. The molecule has 1 aliphatic rings. The van der Waals surface area contributed by atoms with Crippen molar-refractivity contribution in [3.63, 3.8) is 0 Å². The fourth-order valence-corrected chi connectivity index (χ4v) is 3.13. The van der Waals surface area contributed by atoms with Crippen molar-refractivity contribution in [2.75, 3.05) is 26.2 Å². The lowest BCUT2D eigenvalue weighted by atomic mass is 10.0. The zero-order valence-corrected chi connectivity index (χ0v) is 15.0. The van der Waals surface area contributed by atoms with Crippen LogP contribution in [-0.2, 0) is 6.54 Å². The summed E-state index contributed by atoms with van der Waals surface area (Å²) in [5.74, 6) is 0.841. The van der Waals surface area contributed by atoms with E-state index in [0.29, 0.717) is 25.7 Å². The Balaban J connectivity index is 1.60. The summed E-state index contributed by atoms with van der Waals surface area (Å²) < 4.78 is 5.47. The van der Waals surface area contributed by atoms with Gasteiger partial charge in [-0.2, -0.15) is 0 Å². The van der Waals surface area contributed by atoms with Crippen LogP contribution >= 0.6 is 0 Å². The Hall–Kier alpha value is -1.75. The van der Waals surface area contributed by atoms with Gasteiger partial charge in [-0.3, -0.25) is 0 Å². The van der Waals surface area contributed by atoms with E-state index in [0.717, 1.165) is 24.3 Å². The lowest BCUT2D eigenvalue weighted by molar-refractivity contribution is 0.159. The van der Waals surface area contributed by atoms with Crippen LogP contribution in [0.5, 0.6) is 5.75 Å². The minimum absolute atomic E-state index is 0.108. The number of urea groups is 1. The highest BCUT2D eigenvalue weighted by Crippen LogP contribution is 2.16. The third kappa shape index (κ3) is 6.40. The summed E-state index contributed by atoms with van der Waals surface area (Å²) >= 11 is 0. The van der Waals surface area contributed by atoms with E-state index in [1.807, 2.05) is 31.2 Å². The monoisotopic (exact) mass is 333 g/mol. The molecule has 0 aliphatic carbocycles. The fourth-order valence-electron chi connectivity index (χ4n) is 3.13. The molecule has 2 N–H and O–H groups in total. The molecule has 1 saturated heterocycles.